The second-order valence-corrected chi connectivity index (χ2v) is 7.94. The number of ether oxygens (including phenoxy) is 2. The molecule has 0 aliphatic carbocycles. The van der Waals surface area contributed by atoms with Gasteiger partial charge in [-0.05, 0) is 48.2 Å². The number of carbonyl (C=O) groups is 2. The quantitative estimate of drug-likeness (QED) is 0.504. The van der Waals surface area contributed by atoms with E-state index in [9.17, 15) is 9.59 Å². The van der Waals surface area contributed by atoms with Gasteiger partial charge in [-0.15, -0.1) is 0 Å². The summed E-state index contributed by atoms with van der Waals surface area (Å²) in [4.78, 5) is 24.7. The van der Waals surface area contributed by atoms with Gasteiger partial charge in [0.15, 0.2) is 0 Å². The first-order valence-corrected chi connectivity index (χ1v) is 10.7. The number of esters is 1. The molecule has 0 saturated heterocycles. The van der Waals surface area contributed by atoms with E-state index in [0.717, 1.165) is 24.0 Å². The third-order valence-corrected chi connectivity index (χ3v) is 5.68. The molecule has 1 unspecified atom stereocenters. The standard InChI is InChI=1S/C23H24Cl2N2O4/c1-3-4-5-19-20(22(28)30-2)21(27-23(29)26-19)15-7-9-16(10-8-15)31-13-14-6-11-17(24)18(25)12-14/h6-12,21H,3-5,13H2,1-2H3,(H2,26,27,29). The fourth-order valence-corrected chi connectivity index (χ4v) is 3.64. The minimum Gasteiger partial charge on any atom is -0.489 e. The maximum atomic E-state index is 12.5. The molecule has 1 atom stereocenters. The van der Waals surface area contributed by atoms with Crippen LogP contribution in [0.4, 0.5) is 4.79 Å². The lowest BCUT2D eigenvalue weighted by Gasteiger charge is -2.29. The largest absolute Gasteiger partial charge is 0.489 e. The fourth-order valence-electron chi connectivity index (χ4n) is 3.32. The minimum atomic E-state index is -0.600. The van der Waals surface area contributed by atoms with E-state index in [1.54, 1.807) is 24.3 Å². The van der Waals surface area contributed by atoms with Gasteiger partial charge < -0.3 is 20.1 Å². The van der Waals surface area contributed by atoms with Gasteiger partial charge in [0.05, 0.1) is 28.8 Å². The van der Waals surface area contributed by atoms with E-state index in [0.29, 0.717) is 40.1 Å². The lowest BCUT2D eigenvalue weighted by molar-refractivity contribution is -0.136. The van der Waals surface area contributed by atoms with Crippen molar-refractivity contribution >= 4 is 35.2 Å². The van der Waals surface area contributed by atoms with Crippen molar-refractivity contribution in [3.05, 3.63) is 74.9 Å². The summed E-state index contributed by atoms with van der Waals surface area (Å²) in [5.74, 6) is 0.174. The number of allylic oxidation sites excluding steroid dienone is 1. The van der Waals surface area contributed by atoms with Crippen LogP contribution in [-0.4, -0.2) is 19.1 Å². The Balaban J connectivity index is 1.79. The molecule has 164 valence electrons. The molecule has 8 heteroatoms. The number of hydrogen-bond acceptors (Lipinski definition) is 4. The molecular formula is C23H24Cl2N2O4. The summed E-state index contributed by atoms with van der Waals surface area (Å²) in [6, 6.07) is 11.6. The van der Waals surface area contributed by atoms with Crippen molar-refractivity contribution in [3.63, 3.8) is 0 Å². The van der Waals surface area contributed by atoms with Crippen LogP contribution in [0.5, 0.6) is 5.75 Å². The predicted octanol–water partition coefficient (Wildman–Crippen LogP) is 5.54. The number of rotatable bonds is 8. The van der Waals surface area contributed by atoms with Crippen LogP contribution >= 0.6 is 23.2 Å². The number of methoxy groups -OCH3 is 1. The number of carbonyl (C=O) groups excluding carboxylic acids is 2. The molecule has 3 rings (SSSR count). The topological polar surface area (TPSA) is 76.7 Å². The lowest BCUT2D eigenvalue weighted by atomic mass is 9.93. The molecule has 1 aliphatic rings. The van der Waals surface area contributed by atoms with Crippen LogP contribution in [0.2, 0.25) is 10.0 Å². The predicted molar refractivity (Wildman–Crippen MR) is 120 cm³/mol. The number of nitrogens with one attached hydrogen (secondary N) is 2. The normalized spacial score (nSPS) is 15.9. The Morgan fingerprint density at radius 1 is 1.10 bits per heavy atom. The Labute approximate surface area is 191 Å². The minimum absolute atomic E-state index is 0.328. The van der Waals surface area contributed by atoms with Crippen LogP contribution in [-0.2, 0) is 16.1 Å². The molecule has 0 bridgehead atoms. The van der Waals surface area contributed by atoms with Gasteiger partial charge >= 0.3 is 12.0 Å². The zero-order chi connectivity index (χ0) is 22.4. The number of halogens is 2. The summed E-state index contributed by atoms with van der Waals surface area (Å²) in [5, 5.41) is 6.54. The maximum absolute atomic E-state index is 12.5. The Kier molecular flexibility index (Phi) is 7.82. The molecule has 2 N–H and O–H groups in total. The van der Waals surface area contributed by atoms with Gasteiger partial charge in [0.2, 0.25) is 0 Å². The summed E-state index contributed by atoms with van der Waals surface area (Å²) < 4.78 is 10.8. The SMILES string of the molecule is CCCCC1=C(C(=O)OC)C(c2ccc(OCc3ccc(Cl)c(Cl)c3)cc2)NC(=O)N1. The van der Waals surface area contributed by atoms with Crippen LogP contribution in [0.25, 0.3) is 0 Å². The van der Waals surface area contributed by atoms with Gasteiger partial charge in [-0.1, -0.05) is 54.7 Å². The third-order valence-electron chi connectivity index (χ3n) is 4.94. The molecule has 0 aromatic heterocycles. The molecular weight excluding hydrogens is 439 g/mol. The van der Waals surface area contributed by atoms with Crippen molar-refractivity contribution in [1.82, 2.24) is 10.6 Å². The average molecular weight is 463 g/mol. The molecule has 1 heterocycles. The number of hydrogen-bond donors (Lipinski definition) is 2. The lowest BCUT2D eigenvalue weighted by Crippen LogP contribution is -2.45. The van der Waals surface area contributed by atoms with Crippen molar-refractivity contribution < 1.29 is 19.1 Å². The fraction of sp³-hybridized carbons (Fsp3) is 0.304. The highest BCUT2D eigenvalue weighted by Crippen LogP contribution is 2.31. The summed E-state index contributed by atoms with van der Waals surface area (Å²) in [6.07, 6.45) is 2.39. The van der Waals surface area contributed by atoms with E-state index >= 15 is 0 Å². The molecule has 0 radical (unpaired) electrons. The number of unbranched alkanes of at least 4 members (excludes halogenated alkanes) is 1. The summed E-state index contributed by atoms with van der Waals surface area (Å²) in [5.41, 5.74) is 2.66. The average Bonchev–Trinajstić information content (AvgIpc) is 2.78. The van der Waals surface area contributed by atoms with Gasteiger partial charge in [0, 0.05) is 5.70 Å². The van der Waals surface area contributed by atoms with Gasteiger partial charge in [-0.3, -0.25) is 0 Å². The second-order valence-electron chi connectivity index (χ2n) is 7.13. The van der Waals surface area contributed by atoms with Gasteiger partial charge in [-0.25, -0.2) is 9.59 Å². The van der Waals surface area contributed by atoms with E-state index in [1.807, 2.05) is 18.2 Å². The summed E-state index contributed by atoms with van der Waals surface area (Å²) in [7, 11) is 1.33. The number of amides is 2. The monoisotopic (exact) mass is 462 g/mol. The molecule has 1 aliphatic heterocycles. The Morgan fingerprint density at radius 3 is 2.48 bits per heavy atom. The van der Waals surface area contributed by atoms with Crippen molar-refractivity contribution in [2.75, 3.05) is 7.11 Å². The molecule has 2 aromatic carbocycles. The van der Waals surface area contributed by atoms with Crippen LogP contribution in [0.15, 0.2) is 53.7 Å². The van der Waals surface area contributed by atoms with E-state index in [2.05, 4.69) is 17.6 Å². The summed E-state index contributed by atoms with van der Waals surface area (Å²) in [6.45, 7) is 2.38. The van der Waals surface area contributed by atoms with Crippen molar-refractivity contribution in [2.24, 2.45) is 0 Å². The first-order valence-electron chi connectivity index (χ1n) is 9.98. The highest BCUT2D eigenvalue weighted by atomic mass is 35.5. The Hall–Kier alpha value is -2.70. The molecule has 6 nitrogen and oxygen atoms in total. The molecule has 0 fully saturated rings. The summed E-state index contributed by atoms with van der Waals surface area (Å²) >= 11 is 12.0. The van der Waals surface area contributed by atoms with Crippen LogP contribution in [0.1, 0.15) is 43.4 Å². The molecule has 31 heavy (non-hydrogen) atoms. The highest BCUT2D eigenvalue weighted by Gasteiger charge is 2.33. The van der Waals surface area contributed by atoms with E-state index in [4.69, 9.17) is 32.7 Å². The van der Waals surface area contributed by atoms with Crippen molar-refractivity contribution in [2.45, 2.75) is 38.8 Å². The Bertz CT molecular complexity index is 990. The molecule has 0 saturated carbocycles. The van der Waals surface area contributed by atoms with Gasteiger partial charge in [0.25, 0.3) is 0 Å². The molecule has 2 aromatic rings. The number of benzene rings is 2. The van der Waals surface area contributed by atoms with Crippen molar-refractivity contribution in [3.8, 4) is 5.75 Å². The van der Waals surface area contributed by atoms with Crippen molar-refractivity contribution in [1.29, 1.82) is 0 Å². The van der Waals surface area contributed by atoms with Crippen LogP contribution in [0.3, 0.4) is 0 Å². The maximum Gasteiger partial charge on any atom is 0.337 e. The smallest absolute Gasteiger partial charge is 0.337 e. The van der Waals surface area contributed by atoms with Gasteiger partial charge in [-0.2, -0.15) is 0 Å². The van der Waals surface area contributed by atoms with Crippen LogP contribution < -0.4 is 15.4 Å². The van der Waals surface area contributed by atoms with Crippen LogP contribution in [0, 0.1) is 0 Å². The first kappa shape index (κ1) is 23.0. The Morgan fingerprint density at radius 2 is 1.84 bits per heavy atom. The molecule has 2 amide bonds. The number of urea groups is 1. The van der Waals surface area contributed by atoms with Gasteiger partial charge in [0.1, 0.15) is 12.4 Å². The first-order chi connectivity index (χ1) is 14.9. The zero-order valence-electron chi connectivity index (χ0n) is 17.3. The highest BCUT2D eigenvalue weighted by molar-refractivity contribution is 6.42. The van der Waals surface area contributed by atoms with E-state index in [1.165, 1.54) is 7.11 Å². The van der Waals surface area contributed by atoms with E-state index < -0.39 is 12.0 Å². The molecule has 0 spiro atoms. The second kappa shape index (κ2) is 10.6. The third kappa shape index (κ3) is 5.71. The zero-order valence-corrected chi connectivity index (χ0v) is 18.8. The van der Waals surface area contributed by atoms with E-state index in [-0.39, 0.29) is 6.03 Å².